The van der Waals surface area contributed by atoms with Crippen LogP contribution in [0.25, 0.3) is 0 Å². The summed E-state index contributed by atoms with van der Waals surface area (Å²) in [6.45, 7) is 5.99. The van der Waals surface area contributed by atoms with Gasteiger partial charge in [0.15, 0.2) is 0 Å². The standard InChI is InChI=1S/C17H28N2O/c1-2-18-14-15-8-4-5-9-17(15)20-13-7-3-6-12-19-16-10-11-16/h4-5,8-9,16,18-19H,2-3,6-7,10-14H2,1H3. The lowest BCUT2D eigenvalue weighted by Gasteiger charge is -2.11. The molecule has 0 heterocycles. The minimum absolute atomic E-state index is 0.826. The van der Waals surface area contributed by atoms with Crippen molar-refractivity contribution in [3.05, 3.63) is 29.8 Å². The summed E-state index contributed by atoms with van der Waals surface area (Å²) >= 11 is 0. The van der Waals surface area contributed by atoms with E-state index in [4.69, 9.17) is 4.74 Å². The summed E-state index contributed by atoms with van der Waals surface area (Å²) in [6, 6.07) is 9.16. The first-order valence-electron chi connectivity index (χ1n) is 8.05. The molecule has 1 aliphatic rings. The summed E-state index contributed by atoms with van der Waals surface area (Å²) in [7, 11) is 0. The van der Waals surface area contributed by atoms with E-state index in [0.29, 0.717) is 0 Å². The molecule has 0 unspecified atom stereocenters. The number of ether oxygens (including phenoxy) is 1. The van der Waals surface area contributed by atoms with Gasteiger partial charge >= 0.3 is 0 Å². The van der Waals surface area contributed by atoms with Crippen LogP contribution < -0.4 is 15.4 Å². The van der Waals surface area contributed by atoms with E-state index < -0.39 is 0 Å². The van der Waals surface area contributed by atoms with Gasteiger partial charge in [-0.15, -0.1) is 0 Å². The van der Waals surface area contributed by atoms with Gasteiger partial charge in [0.1, 0.15) is 5.75 Å². The molecule has 112 valence electrons. The average Bonchev–Trinajstić information content (AvgIpc) is 3.29. The predicted octanol–water partition coefficient (Wildman–Crippen LogP) is 3.10. The number of rotatable bonds is 11. The smallest absolute Gasteiger partial charge is 0.123 e. The Balaban J connectivity index is 1.57. The molecule has 1 aliphatic carbocycles. The van der Waals surface area contributed by atoms with Gasteiger partial charge in [0, 0.05) is 18.2 Å². The maximum atomic E-state index is 5.91. The Morgan fingerprint density at radius 1 is 1.15 bits per heavy atom. The minimum atomic E-state index is 0.826. The van der Waals surface area contributed by atoms with E-state index in [1.165, 1.54) is 37.8 Å². The molecule has 0 bridgehead atoms. The van der Waals surface area contributed by atoms with Crippen molar-refractivity contribution in [2.24, 2.45) is 0 Å². The largest absolute Gasteiger partial charge is 0.493 e. The van der Waals surface area contributed by atoms with Gasteiger partial charge in [-0.05, 0) is 51.3 Å². The fraction of sp³-hybridized carbons (Fsp3) is 0.647. The van der Waals surface area contributed by atoms with E-state index in [2.05, 4.69) is 35.8 Å². The van der Waals surface area contributed by atoms with Crippen LogP contribution in [0.15, 0.2) is 24.3 Å². The number of para-hydroxylation sites is 1. The maximum absolute atomic E-state index is 5.91. The Hall–Kier alpha value is -1.06. The molecule has 3 heteroatoms. The van der Waals surface area contributed by atoms with Crippen LogP contribution in [0, 0.1) is 0 Å². The second-order valence-electron chi connectivity index (χ2n) is 5.53. The number of hydrogen-bond donors (Lipinski definition) is 2. The molecule has 0 saturated heterocycles. The highest BCUT2D eigenvalue weighted by atomic mass is 16.5. The molecule has 1 aromatic carbocycles. The molecular formula is C17H28N2O. The molecule has 1 fully saturated rings. The lowest BCUT2D eigenvalue weighted by molar-refractivity contribution is 0.301. The summed E-state index contributed by atoms with van der Waals surface area (Å²) in [4.78, 5) is 0. The van der Waals surface area contributed by atoms with Gasteiger partial charge < -0.3 is 15.4 Å². The van der Waals surface area contributed by atoms with Crippen LogP contribution in [0.5, 0.6) is 5.75 Å². The van der Waals surface area contributed by atoms with Crippen LogP contribution in [0.2, 0.25) is 0 Å². The zero-order valence-electron chi connectivity index (χ0n) is 12.7. The number of benzene rings is 1. The highest BCUT2D eigenvalue weighted by Crippen LogP contribution is 2.19. The summed E-state index contributed by atoms with van der Waals surface area (Å²) < 4.78 is 5.91. The third-order valence-corrected chi connectivity index (χ3v) is 3.63. The van der Waals surface area contributed by atoms with E-state index in [0.717, 1.165) is 37.9 Å². The third-order valence-electron chi connectivity index (χ3n) is 3.63. The monoisotopic (exact) mass is 276 g/mol. The molecule has 0 spiro atoms. The second kappa shape index (κ2) is 8.98. The molecule has 3 nitrogen and oxygen atoms in total. The van der Waals surface area contributed by atoms with E-state index in [1.54, 1.807) is 0 Å². The van der Waals surface area contributed by atoms with Crippen molar-refractivity contribution >= 4 is 0 Å². The number of nitrogens with one attached hydrogen (secondary N) is 2. The molecule has 1 aromatic rings. The lowest BCUT2D eigenvalue weighted by Crippen LogP contribution is -2.17. The maximum Gasteiger partial charge on any atom is 0.123 e. The Bertz CT molecular complexity index is 377. The molecule has 0 atom stereocenters. The van der Waals surface area contributed by atoms with Gasteiger partial charge in [-0.1, -0.05) is 25.1 Å². The highest BCUT2D eigenvalue weighted by molar-refractivity contribution is 5.33. The first-order chi connectivity index (χ1) is 9.90. The van der Waals surface area contributed by atoms with Crippen molar-refractivity contribution in [3.8, 4) is 5.75 Å². The summed E-state index contributed by atoms with van der Waals surface area (Å²) in [5.41, 5.74) is 1.25. The van der Waals surface area contributed by atoms with Crippen LogP contribution in [0.3, 0.4) is 0 Å². The van der Waals surface area contributed by atoms with E-state index in [-0.39, 0.29) is 0 Å². The molecule has 1 saturated carbocycles. The molecular weight excluding hydrogens is 248 g/mol. The van der Waals surface area contributed by atoms with Crippen molar-refractivity contribution in [2.45, 2.75) is 51.6 Å². The quantitative estimate of drug-likeness (QED) is 0.609. The van der Waals surface area contributed by atoms with Gasteiger partial charge in [-0.25, -0.2) is 0 Å². The van der Waals surface area contributed by atoms with Crippen molar-refractivity contribution in [3.63, 3.8) is 0 Å². The molecule has 0 amide bonds. The fourth-order valence-corrected chi connectivity index (χ4v) is 2.23. The van der Waals surface area contributed by atoms with Gasteiger partial charge in [0.05, 0.1) is 6.61 Å². The molecule has 2 N–H and O–H groups in total. The number of unbranched alkanes of at least 4 members (excludes halogenated alkanes) is 2. The van der Waals surface area contributed by atoms with Gasteiger partial charge in [-0.2, -0.15) is 0 Å². The Kier molecular flexibility index (Phi) is 6.89. The van der Waals surface area contributed by atoms with Crippen molar-refractivity contribution < 1.29 is 4.74 Å². The third kappa shape index (κ3) is 5.93. The first-order valence-corrected chi connectivity index (χ1v) is 8.05. The van der Waals surface area contributed by atoms with Crippen molar-refractivity contribution in [2.75, 3.05) is 19.7 Å². The molecule has 0 aromatic heterocycles. The molecule has 0 radical (unpaired) electrons. The Morgan fingerprint density at radius 3 is 2.80 bits per heavy atom. The highest BCUT2D eigenvalue weighted by Gasteiger charge is 2.19. The van der Waals surface area contributed by atoms with Gasteiger partial charge in [0.25, 0.3) is 0 Å². The molecule has 2 rings (SSSR count). The van der Waals surface area contributed by atoms with Gasteiger partial charge in [0.2, 0.25) is 0 Å². The topological polar surface area (TPSA) is 33.3 Å². The van der Waals surface area contributed by atoms with E-state index in [1.807, 2.05) is 6.07 Å². The average molecular weight is 276 g/mol. The van der Waals surface area contributed by atoms with Crippen LogP contribution in [0.4, 0.5) is 0 Å². The summed E-state index contributed by atoms with van der Waals surface area (Å²) in [6.07, 6.45) is 6.41. The van der Waals surface area contributed by atoms with Crippen LogP contribution in [-0.4, -0.2) is 25.7 Å². The fourth-order valence-electron chi connectivity index (χ4n) is 2.23. The van der Waals surface area contributed by atoms with Crippen LogP contribution >= 0.6 is 0 Å². The zero-order chi connectivity index (χ0) is 14.0. The van der Waals surface area contributed by atoms with Gasteiger partial charge in [-0.3, -0.25) is 0 Å². The summed E-state index contributed by atoms with van der Waals surface area (Å²) in [5, 5.41) is 6.90. The first kappa shape index (κ1) is 15.3. The molecule has 20 heavy (non-hydrogen) atoms. The number of hydrogen-bond acceptors (Lipinski definition) is 3. The summed E-state index contributed by atoms with van der Waals surface area (Å²) in [5.74, 6) is 1.03. The molecule has 0 aliphatic heterocycles. The lowest BCUT2D eigenvalue weighted by atomic mass is 10.2. The normalized spacial score (nSPS) is 14.4. The van der Waals surface area contributed by atoms with E-state index >= 15 is 0 Å². The Labute approximate surface area is 123 Å². The van der Waals surface area contributed by atoms with Crippen molar-refractivity contribution in [1.29, 1.82) is 0 Å². The van der Waals surface area contributed by atoms with Crippen LogP contribution in [0.1, 0.15) is 44.6 Å². The Morgan fingerprint density at radius 2 is 2.00 bits per heavy atom. The van der Waals surface area contributed by atoms with Crippen molar-refractivity contribution in [1.82, 2.24) is 10.6 Å². The van der Waals surface area contributed by atoms with E-state index in [9.17, 15) is 0 Å². The minimum Gasteiger partial charge on any atom is -0.493 e. The zero-order valence-corrected chi connectivity index (χ0v) is 12.7. The van der Waals surface area contributed by atoms with Crippen LogP contribution in [-0.2, 0) is 6.54 Å². The SMILES string of the molecule is CCNCc1ccccc1OCCCCCNC1CC1. The second-order valence-corrected chi connectivity index (χ2v) is 5.53. The predicted molar refractivity (Wildman–Crippen MR) is 84.2 cm³/mol.